The number of rotatable bonds is 5. The first-order chi connectivity index (χ1) is 10.6. The second-order valence-corrected chi connectivity index (χ2v) is 5.82. The highest BCUT2D eigenvalue weighted by molar-refractivity contribution is 9.10. The van der Waals surface area contributed by atoms with Gasteiger partial charge in [0.25, 0.3) is 5.56 Å². The smallest absolute Gasteiger partial charge is 0.282 e. The highest BCUT2D eigenvalue weighted by atomic mass is 79.9. The van der Waals surface area contributed by atoms with Crippen molar-refractivity contribution in [1.82, 2.24) is 19.7 Å². The summed E-state index contributed by atoms with van der Waals surface area (Å²) in [6.07, 6.45) is 3.39. The van der Waals surface area contributed by atoms with Crippen LogP contribution in [0.4, 0.5) is 5.69 Å². The van der Waals surface area contributed by atoms with Crippen LogP contribution in [0.1, 0.15) is 12.2 Å². The molecule has 2 aromatic heterocycles. The fraction of sp³-hybridized carbons (Fsp3) is 0.267. The number of nitrogens with zero attached hydrogens (tertiary/aromatic N) is 3. The zero-order valence-corrected chi connectivity index (χ0v) is 13.7. The molecule has 0 fully saturated rings. The molecule has 7 heteroatoms. The van der Waals surface area contributed by atoms with Gasteiger partial charge in [0, 0.05) is 20.0 Å². The van der Waals surface area contributed by atoms with Crippen LogP contribution < -0.4 is 10.9 Å². The van der Waals surface area contributed by atoms with E-state index in [9.17, 15) is 4.79 Å². The molecule has 0 aliphatic heterocycles. The van der Waals surface area contributed by atoms with Crippen molar-refractivity contribution in [3.63, 3.8) is 0 Å². The van der Waals surface area contributed by atoms with E-state index in [2.05, 4.69) is 36.3 Å². The van der Waals surface area contributed by atoms with E-state index in [0.29, 0.717) is 10.2 Å². The Bertz CT molecular complexity index is 822. The van der Waals surface area contributed by atoms with Gasteiger partial charge in [-0.05, 0) is 34.5 Å². The lowest BCUT2D eigenvalue weighted by Crippen LogP contribution is -2.21. The molecule has 3 aromatic rings. The second kappa shape index (κ2) is 6.31. The number of aromatic amines is 1. The SMILES string of the molecule is Cn1ncc(NCCCc2nc3ccccc3[nH]2)c(Br)c1=O. The first kappa shape index (κ1) is 14.8. The van der Waals surface area contributed by atoms with Gasteiger partial charge in [-0.15, -0.1) is 0 Å². The molecule has 3 rings (SSSR count). The summed E-state index contributed by atoms with van der Waals surface area (Å²) in [6.45, 7) is 0.741. The Balaban J connectivity index is 1.57. The lowest BCUT2D eigenvalue weighted by atomic mass is 10.3. The number of aromatic nitrogens is 4. The maximum absolute atomic E-state index is 11.7. The Kier molecular flexibility index (Phi) is 4.24. The topological polar surface area (TPSA) is 75.6 Å². The quantitative estimate of drug-likeness (QED) is 0.684. The molecule has 1 aromatic carbocycles. The van der Waals surface area contributed by atoms with Crippen LogP contribution in [0.2, 0.25) is 0 Å². The molecule has 2 heterocycles. The molecule has 0 radical (unpaired) electrons. The van der Waals surface area contributed by atoms with Crippen molar-refractivity contribution in [2.45, 2.75) is 12.8 Å². The third kappa shape index (κ3) is 3.04. The van der Waals surface area contributed by atoms with E-state index in [1.807, 2.05) is 24.3 Å². The van der Waals surface area contributed by atoms with Crippen LogP contribution in [0.15, 0.2) is 39.7 Å². The summed E-state index contributed by atoms with van der Waals surface area (Å²) < 4.78 is 1.80. The lowest BCUT2D eigenvalue weighted by molar-refractivity contribution is 0.702. The Morgan fingerprint density at radius 3 is 3.00 bits per heavy atom. The highest BCUT2D eigenvalue weighted by Gasteiger charge is 2.06. The van der Waals surface area contributed by atoms with Gasteiger partial charge < -0.3 is 10.3 Å². The number of imidazole rings is 1. The van der Waals surface area contributed by atoms with Gasteiger partial charge >= 0.3 is 0 Å². The minimum absolute atomic E-state index is 0.151. The number of hydrogen-bond acceptors (Lipinski definition) is 4. The summed E-state index contributed by atoms with van der Waals surface area (Å²) in [7, 11) is 1.62. The lowest BCUT2D eigenvalue weighted by Gasteiger charge is -2.07. The minimum atomic E-state index is -0.151. The van der Waals surface area contributed by atoms with Gasteiger partial charge in [0.15, 0.2) is 0 Å². The number of hydrogen-bond donors (Lipinski definition) is 2. The Morgan fingerprint density at radius 1 is 1.36 bits per heavy atom. The zero-order valence-electron chi connectivity index (χ0n) is 12.1. The molecule has 114 valence electrons. The third-order valence-corrected chi connectivity index (χ3v) is 4.19. The molecule has 0 saturated heterocycles. The fourth-order valence-electron chi connectivity index (χ4n) is 2.24. The van der Waals surface area contributed by atoms with E-state index in [4.69, 9.17) is 0 Å². The predicted octanol–water partition coefficient (Wildman–Crippen LogP) is 2.46. The number of nitrogens with one attached hydrogen (secondary N) is 2. The Hall–Kier alpha value is -2.15. The molecule has 6 nitrogen and oxygen atoms in total. The maximum Gasteiger partial charge on any atom is 0.282 e. The normalized spacial score (nSPS) is 11.0. The van der Waals surface area contributed by atoms with Crippen molar-refractivity contribution in [1.29, 1.82) is 0 Å². The number of benzene rings is 1. The van der Waals surface area contributed by atoms with Gasteiger partial charge in [-0.2, -0.15) is 5.10 Å². The number of halogens is 1. The molecular weight excluding hydrogens is 346 g/mol. The van der Waals surface area contributed by atoms with E-state index in [-0.39, 0.29) is 5.56 Å². The third-order valence-electron chi connectivity index (χ3n) is 3.42. The molecule has 0 aliphatic carbocycles. The second-order valence-electron chi connectivity index (χ2n) is 5.03. The van der Waals surface area contributed by atoms with Crippen molar-refractivity contribution in [2.24, 2.45) is 7.05 Å². The molecular formula is C15H16BrN5O. The van der Waals surface area contributed by atoms with Gasteiger partial charge in [0.05, 0.1) is 22.9 Å². The Morgan fingerprint density at radius 2 is 2.18 bits per heavy atom. The highest BCUT2D eigenvalue weighted by Crippen LogP contribution is 2.16. The van der Waals surface area contributed by atoms with Crippen LogP contribution in [0, 0.1) is 0 Å². The number of anilines is 1. The van der Waals surface area contributed by atoms with E-state index in [1.54, 1.807) is 13.2 Å². The summed E-state index contributed by atoms with van der Waals surface area (Å²) in [5, 5.41) is 7.22. The maximum atomic E-state index is 11.7. The Labute approximate surface area is 135 Å². The van der Waals surface area contributed by atoms with Crippen LogP contribution >= 0.6 is 15.9 Å². The van der Waals surface area contributed by atoms with Crippen molar-refractivity contribution in [3.8, 4) is 0 Å². The van der Waals surface area contributed by atoms with Crippen molar-refractivity contribution in [2.75, 3.05) is 11.9 Å². The molecule has 2 N–H and O–H groups in total. The molecule has 0 saturated carbocycles. The van der Waals surface area contributed by atoms with Gasteiger partial charge in [0.2, 0.25) is 0 Å². The van der Waals surface area contributed by atoms with Crippen LogP contribution in [-0.4, -0.2) is 26.3 Å². The molecule has 22 heavy (non-hydrogen) atoms. The summed E-state index contributed by atoms with van der Waals surface area (Å²) in [4.78, 5) is 19.6. The molecule has 0 atom stereocenters. The van der Waals surface area contributed by atoms with Crippen LogP contribution in [0.25, 0.3) is 11.0 Å². The summed E-state index contributed by atoms with van der Waals surface area (Å²) >= 11 is 3.30. The largest absolute Gasteiger partial charge is 0.383 e. The van der Waals surface area contributed by atoms with E-state index in [0.717, 1.165) is 36.2 Å². The number of fused-ring (bicyclic) bond motifs is 1. The van der Waals surface area contributed by atoms with E-state index >= 15 is 0 Å². The van der Waals surface area contributed by atoms with Crippen molar-refractivity contribution >= 4 is 32.7 Å². The average Bonchev–Trinajstić information content (AvgIpc) is 2.94. The van der Waals surface area contributed by atoms with Gasteiger partial charge in [-0.25, -0.2) is 9.67 Å². The monoisotopic (exact) mass is 361 g/mol. The van der Waals surface area contributed by atoms with Crippen molar-refractivity contribution < 1.29 is 0 Å². The molecule has 0 spiro atoms. The van der Waals surface area contributed by atoms with E-state index < -0.39 is 0 Å². The summed E-state index contributed by atoms with van der Waals surface area (Å²) in [6, 6.07) is 7.99. The zero-order chi connectivity index (χ0) is 15.5. The van der Waals surface area contributed by atoms with Crippen LogP contribution in [-0.2, 0) is 13.5 Å². The summed E-state index contributed by atoms with van der Waals surface area (Å²) in [5.41, 5.74) is 2.61. The van der Waals surface area contributed by atoms with Gasteiger partial charge in [-0.3, -0.25) is 4.79 Å². The van der Waals surface area contributed by atoms with Gasteiger partial charge in [-0.1, -0.05) is 12.1 Å². The first-order valence-electron chi connectivity index (χ1n) is 7.04. The molecule has 0 bridgehead atoms. The molecule has 0 amide bonds. The minimum Gasteiger partial charge on any atom is -0.383 e. The molecule has 0 aliphatic rings. The number of aryl methyl sites for hydroxylation is 2. The van der Waals surface area contributed by atoms with Crippen LogP contribution in [0.5, 0.6) is 0 Å². The van der Waals surface area contributed by atoms with Crippen LogP contribution in [0.3, 0.4) is 0 Å². The van der Waals surface area contributed by atoms with Crippen molar-refractivity contribution in [3.05, 3.63) is 51.1 Å². The summed E-state index contributed by atoms with van der Waals surface area (Å²) in [5.74, 6) is 0.976. The van der Waals surface area contributed by atoms with Gasteiger partial charge in [0.1, 0.15) is 10.3 Å². The molecule has 0 unspecified atom stereocenters. The average molecular weight is 362 g/mol. The number of H-pyrrole nitrogens is 1. The first-order valence-corrected chi connectivity index (χ1v) is 7.84. The number of para-hydroxylation sites is 2. The standard InChI is InChI=1S/C15H16BrN5O/c1-21-15(22)14(16)12(9-18-21)17-8-4-7-13-19-10-5-2-3-6-11(10)20-13/h2-3,5-6,9,17H,4,7-8H2,1H3,(H,19,20). The van der Waals surface area contributed by atoms with E-state index in [1.165, 1.54) is 4.68 Å². The predicted molar refractivity (Wildman–Crippen MR) is 90.1 cm³/mol. The fourth-order valence-corrected chi connectivity index (χ4v) is 2.74.